The summed E-state index contributed by atoms with van der Waals surface area (Å²) in [6.07, 6.45) is 2.07. The SMILES string of the molecule is CC(C)C(N)C(=O)N(Cc1cccc(Cl)c1Cl)C1CC1. The van der Waals surface area contributed by atoms with Crippen molar-refractivity contribution >= 4 is 29.1 Å². The Labute approximate surface area is 130 Å². The molecule has 2 N–H and O–H groups in total. The summed E-state index contributed by atoms with van der Waals surface area (Å²) >= 11 is 12.2. The quantitative estimate of drug-likeness (QED) is 0.904. The maximum absolute atomic E-state index is 12.5. The highest BCUT2D eigenvalue weighted by molar-refractivity contribution is 6.42. The topological polar surface area (TPSA) is 46.3 Å². The van der Waals surface area contributed by atoms with E-state index in [9.17, 15) is 4.79 Å². The van der Waals surface area contributed by atoms with Crippen LogP contribution in [0.4, 0.5) is 0 Å². The van der Waals surface area contributed by atoms with Crippen LogP contribution in [0, 0.1) is 5.92 Å². The van der Waals surface area contributed by atoms with Crippen molar-refractivity contribution in [1.29, 1.82) is 0 Å². The summed E-state index contributed by atoms with van der Waals surface area (Å²) in [6, 6.07) is 5.33. The molecule has 0 aliphatic heterocycles. The van der Waals surface area contributed by atoms with E-state index in [0.29, 0.717) is 22.6 Å². The summed E-state index contributed by atoms with van der Waals surface area (Å²) in [5.41, 5.74) is 6.87. The molecule has 0 aromatic heterocycles. The Balaban J connectivity index is 2.18. The minimum atomic E-state index is -0.464. The van der Waals surface area contributed by atoms with E-state index in [-0.39, 0.29) is 11.8 Å². The summed E-state index contributed by atoms with van der Waals surface area (Å²) in [6.45, 7) is 4.39. The molecule has 1 aromatic carbocycles. The maximum Gasteiger partial charge on any atom is 0.240 e. The van der Waals surface area contributed by atoms with Crippen LogP contribution in [0.3, 0.4) is 0 Å². The van der Waals surface area contributed by atoms with Crippen LogP contribution in [0.1, 0.15) is 32.3 Å². The number of benzene rings is 1. The van der Waals surface area contributed by atoms with E-state index in [1.54, 1.807) is 6.07 Å². The third kappa shape index (κ3) is 3.46. The first-order valence-electron chi connectivity index (χ1n) is 6.90. The van der Waals surface area contributed by atoms with E-state index < -0.39 is 6.04 Å². The van der Waals surface area contributed by atoms with Crippen LogP contribution in [-0.4, -0.2) is 22.9 Å². The lowest BCUT2D eigenvalue weighted by atomic mass is 10.0. The molecule has 3 nitrogen and oxygen atoms in total. The molecule has 2 rings (SSSR count). The van der Waals surface area contributed by atoms with Gasteiger partial charge in [0.25, 0.3) is 0 Å². The Hall–Kier alpha value is -0.770. The highest BCUT2D eigenvalue weighted by Crippen LogP contribution is 2.32. The fraction of sp³-hybridized carbons (Fsp3) is 0.533. The Morgan fingerprint density at radius 1 is 1.40 bits per heavy atom. The van der Waals surface area contributed by atoms with Crippen molar-refractivity contribution in [2.45, 2.75) is 45.3 Å². The van der Waals surface area contributed by atoms with Gasteiger partial charge >= 0.3 is 0 Å². The minimum Gasteiger partial charge on any atom is -0.334 e. The Morgan fingerprint density at radius 3 is 2.60 bits per heavy atom. The zero-order valence-electron chi connectivity index (χ0n) is 11.8. The van der Waals surface area contributed by atoms with Crippen molar-refractivity contribution in [3.63, 3.8) is 0 Å². The number of carbonyl (C=O) groups is 1. The van der Waals surface area contributed by atoms with Gasteiger partial charge in [0.15, 0.2) is 0 Å². The van der Waals surface area contributed by atoms with Crippen molar-refractivity contribution in [1.82, 2.24) is 4.90 Å². The van der Waals surface area contributed by atoms with Crippen LogP contribution in [0.25, 0.3) is 0 Å². The molecule has 1 atom stereocenters. The molecule has 0 radical (unpaired) electrons. The maximum atomic E-state index is 12.5. The molecule has 1 aromatic rings. The molecule has 1 aliphatic carbocycles. The van der Waals surface area contributed by atoms with Crippen molar-refractivity contribution in [3.8, 4) is 0 Å². The lowest BCUT2D eigenvalue weighted by molar-refractivity contribution is -0.134. The van der Waals surface area contributed by atoms with E-state index in [2.05, 4.69) is 0 Å². The molecule has 20 heavy (non-hydrogen) atoms. The lowest BCUT2D eigenvalue weighted by Gasteiger charge is -2.27. The normalized spacial score (nSPS) is 16.3. The van der Waals surface area contributed by atoms with Crippen molar-refractivity contribution in [2.75, 3.05) is 0 Å². The molecule has 1 aliphatic rings. The Kier molecular flexibility index (Phi) is 4.95. The smallest absolute Gasteiger partial charge is 0.240 e. The fourth-order valence-corrected chi connectivity index (χ4v) is 2.48. The molecule has 0 heterocycles. The summed E-state index contributed by atoms with van der Waals surface area (Å²) in [5, 5.41) is 1.03. The van der Waals surface area contributed by atoms with Gasteiger partial charge in [-0.05, 0) is 30.4 Å². The Bertz CT molecular complexity index is 501. The van der Waals surface area contributed by atoms with E-state index >= 15 is 0 Å². The molecule has 1 fully saturated rings. The van der Waals surface area contributed by atoms with Crippen LogP contribution in [-0.2, 0) is 11.3 Å². The van der Waals surface area contributed by atoms with Gasteiger partial charge in [-0.25, -0.2) is 0 Å². The summed E-state index contributed by atoms with van der Waals surface area (Å²) < 4.78 is 0. The van der Waals surface area contributed by atoms with E-state index in [1.807, 2.05) is 30.9 Å². The van der Waals surface area contributed by atoms with Gasteiger partial charge in [-0.2, -0.15) is 0 Å². The van der Waals surface area contributed by atoms with Crippen LogP contribution >= 0.6 is 23.2 Å². The lowest BCUT2D eigenvalue weighted by Crippen LogP contribution is -2.47. The average Bonchev–Trinajstić information content (AvgIpc) is 3.23. The fourth-order valence-electron chi connectivity index (χ4n) is 2.10. The van der Waals surface area contributed by atoms with Gasteiger partial charge in [-0.15, -0.1) is 0 Å². The van der Waals surface area contributed by atoms with E-state index in [1.165, 1.54) is 0 Å². The standard InChI is InChI=1S/C15H20Cl2N2O/c1-9(2)14(18)15(20)19(11-6-7-11)8-10-4-3-5-12(16)13(10)17/h3-5,9,11,14H,6-8,18H2,1-2H3. The van der Waals surface area contributed by atoms with Crippen molar-refractivity contribution in [2.24, 2.45) is 11.7 Å². The van der Waals surface area contributed by atoms with Gasteiger partial charge in [0.2, 0.25) is 5.91 Å². The average molecular weight is 315 g/mol. The molecule has 1 amide bonds. The van der Waals surface area contributed by atoms with Crippen LogP contribution in [0.15, 0.2) is 18.2 Å². The van der Waals surface area contributed by atoms with Gasteiger partial charge < -0.3 is 10.6 Å². The predicted molar refractivity (Wildman–Crippen MR) is 82.8 cm³/mol. The van der Waals surface area contributed by atoms with E-state index in [4.69, 9.17) is 28.9 Å². The number of halogens is 2. The second-order valence-corrected chi connectivity index (χ2v) is 6.47. The molecule has 5 heteroatoms. The highest BCUT2D eigenvalue weighted by Gasteiger charge is 2.35. The van der Waals surface area contributed by atoms with Gasteiger partial charge in [0.05, 0.1) is 16.1 Å². The number of hydrogen-bond donors (Lipinski definition) is 1. The Morgan fingerprint density at radius 2 is 2.05 bits per heavy atom. The second-order valence-electron chi connectivity index (χ2n) is 5.68. The summed E-state index contributed by atoms with van der Waals surface area (Å²) in [4.78, 5) is 14.3. The number of nitrogens with two attached hydrogens (primary N) is 1. The van der Waals surface area contributed by atoms with Crippen molar-refractivity contribution < 1.29 is 4.79 Å². The zero-order valence-corrected chi connectivity index (χ0v) is 13.3. The molecule has 1 unspecified atom stereocenters. The predicted octanol–water partition coefficient (Wildman–Crippen LogP) is 3.47. The van der Waals surface area contributed by atoms with Crippen LogP contribution < -0.4 is 5.73 Å². The molecule has 0 bridgehead atoms. The molecule has 110 valence electrons. The number of amides is 1. The number of rotatable bonds is 5. The first-order valence-corrected chi connectivity index (χ1v) is 7.66. The van der Waals surface area contributed by atoms with Crippen molar-refractivity contribution in [3.05, 3.63) is 33.8 Å². The van der Waals surface area contributed by atoms with Gasteiger partial charge in [-0.1, -0.05) is 49.2 Å². The molecule has 0 spiro atoms. The largest absolute Gasteiger partial charge is 0.334 e. The van der Waals surface area contributed by atoms with Crippen LogP contribution in [0.5, 0.6) is 0 Å². The third-order valence-corrected chi connectivity index (χ3v) is 4.50. The minimum absolute atomic E-state index is 0.00135. The third-order valence-electron chi connectivity index (χ3n) is 3.65. The molecular weight excluding hydrogens is 295 g/mol. The number of nitrogens with zero attached hydrogens (tertiary/aromatic N) is 1. The summed E-state index contributed by atoms with van der Waals surface area (Å²) in [7, 11) is 0. The highest BCUT2D eigenvalue weighted by atomic mass is 35.5. The number of hydrogen-bond acceptors (Lipinski definition) is 2. The second kappa shape index (κ2) is 6.33. The van der Waals surface area contributed by atoms with Gasteiger partial charge in [0.1, 0.15) is 0 Å². The molecular formula is C15H20Cl2N2O. The summed E-state index contributed by atoms with van der Waals surface area (Å²) in [5.74, 6) is 0.122. The molecule has 0 saturated heterocycles. The van der Waals surface area contributed by atoms with E-state index in [0.717, 1.165) is 18.4 Å². The monoisotopic (exact) mass is 314 g/mol. The number of carbonyl (C=O) groups excluding carboxylic acids is 1. The van der Waals surface area contributed by atoms with Gasteiger partial charge in [-0.3, -0.25) is 4.79 Å². The van der Waals surface area contributed by atoms with Crippen LogP contribution in [0.2, 0.25) is 10.0 Å². The van der Waals surface area contributed by atoms with Gasteiger partial charge in [0, 0.05) is 12.6 Å². The first-order chi connectivity index (χ1) is 9.41. The zero-order chi connectivity index (χ0) is 14.9. The first kappa shape index (κ1) is 15.6. The molecule has 1 saturated carbocycles.